The quantitative estimate of drug-likeness (QED) is 0.532. The maximum atomic E-state index is 11.9. The molecule has 13 heteroatoms. The third kappa shape index (κ3) is 5.19. The highest BCUT2D eigenvalue weighted by Crippen LogP contribution is 2.25. The molecule has 0 saturated carbocycles. The van der Waals surface area contributed by atoms with E-state index < -0.39 is 52.5 Å². The number of sulfone groups is 1. The lowest BCUT2D eigenvalue weighted by Gasteiger charge is -2.09. The van der Waals surface area contributed by atoms with E-state index in [1.807, 2.05) is 0 Å². The van der Waals surface area contributed by atoms with Crippen molar-refractivity contribution in [2.24, 2.45) is 0 Å². The molecule has 1 aromatic carbocycles. The summed E-state index contributed by atoms with van der Waals surface area (Å²) in [6.07, 6.45) is 0. The summed E-state index contributed by atoms with van der Waals surface area (Å²) in [4.78, 5) is -1.11. The molecule has 0 amide bonds. The van der Waals surface area contributed by atoms with Crippen LogP contribution in [0.3, 0.4) is 0 Å². The van der Waals surface area contributed by atoms with E-state index in [1.54, 1.807) is 0 Å². The van der Waals surface area contributed by atoms with E-state index in [4.69, 9.17) is 9.11 Å². The van der Waals surface area contributed by atoms with Crippen LogP contribution in [0, 0.1) is 0 Å². The van der Waals surface area contributed by atoms with Crippen LogP contribution in [0.15, 0.2) is 28.0 Å². The minimum absolute atomic E-state index is 0.0179. The molecule has 0 aliphatic rings. The van der Waals surface area contributed by atoms with Crippen molar-refractivity contribution >= 4 is 36.0 Å². The molecule has 0 bridgehead atoms. The van der Waals surface area contributed by atoms with Gasteiger partial charge in [0.2, 0.25) is 0 Å². The molecule has 0 aliphatic carbocycles. The van der Waals surface area contributed by atoms with Crippen molar-refractivity contribution in [2.45, 2.75) is 9.79 Å². The van der Waals surface area contributed by atoms with Gasteiger partial charge in [-0.1, -0.05) is 0 Å². The summed E-state index contributed by atoms with van der Waals surface area (Å²) in [5.41, 5.74) is -0.0179. The van der Waals surface area contributed by atoms with Crippen LogP contribution in [0.25, 0.3) is 0 Å². The Bertz CT molecular complexity index is 856. The molecule has 0 atom stereocenters. The minimum atomic E-state index is -4.78. The Hall–Kier alpha value is -1.25. The summed E-state index contributed by atoms with van der Waals surface area (Å²) in [6.45, 7) is -0.851. The lowest BCUT2D eigenvalue weighted by molar-refractivity contribution is 0.284. The highest BCUT2D eigenvalue weighted by Gasteiger charge is 2.22. The van der Waals surface area contributed by atoms with Gasteiger partial charge >= 0.3 is 10.4 Å². The normalized spacial score (nSPS) is 13.0. The Morgan fingerprint density at radius 2 is 1.68 bits per heavy atom. The SMILES string of the molecule is CNc1ccc(S(=O)(=O)CCOS(=O)(=O)O)cc1S(=O)(=O)O. The predicted octanol–water partition coefficient (Wildman–Crippen LogP) is -0.432. The molecule has 0 radical (unpaired) electrons. The number of anilines is 1. The maximum Gasteiger partial charge on any atom is 0.397 e. The van der Waals surface area contributed by atoms with Gasteiger partial charge in [-0.05, 0) is 18.2 Å². The van der Waals surface area contributed by atoms with E-state index in [2.05, 4.69) is 9.50 Å². The van der Waals surface area contributed by atoms with E-state index in [9.17, 15) is 25.3 Å². The highest BCUT2D eigenvalue weighted by atomic mass is 32.3. The zero-order chi connectivity index (χ0) is 17.2. The van der Waals surface area contributed by atoms with E-state index in [0.29, 0.717) is 0 Å². The van der Waals surface area contributed by atoms with Gasteiger partial charge in [0.15, 0.2) is 9.84 Å². The first-order valence-corrected chi connectivity index (χ1v) is 9.96. The Morgan fingerprint density at radius 3 is 2.14 bits per heavy atom. The number of hydrogen-bond acceptors (Lipinski definition) is 8. The summed E-state index contributed by atoms with van der Waals surface area (Å²) in [7, 11) is -12.2. The topological polar surface area (TPSA) is 164 Å². The van der Waals surface area contributed by atoms with E-state index in [1.165, 1.54) is 7.05 Å². The van der Waals surface area contributed by atoms with Gasteiger partial charge in [-0.25, -0.2) is 12.6 Å². The number of rotatable bonds is 7. The average molecular weight is 375 g/mol. The van der Waals surface area contributed by atoms with Gasteiger partial charge in [0.1, 0.15) is 4.90 Å². The lowest BCUT2D eigenvalue weighted by Crippen LogP contribution is -2.16. The average Bonchev–Trinajstić information content (AvgIpc) is 2.35. The molecule has 22 heavy (non-hydrogen) atoms. The van der Waals surface area contributed by atoms with Crippen LogP contribution in [-0.2, 0) is 34.5 Å². The second kappa shape index (κ2) is 6.47. The zero-order valence-corrected chi connectivity index (χ0v) is 13.6. The predicted molar refractivity (Wildman–Crippen MR) is 75.4 cm³/mol. The van der Waals surface area contributed by atoms with Gasteiger partial charge in [0.25, 0.3) is 10.1 Å². The van der Waals surface area contributed by atoms with Crippen molar-refractivity contribution in [1.82, 2.24) is 0 Å². The summed E-state index contributed by atoms with van der Waals surface area (Å²) >= 11 is 0. The number of hydrogen-bond donors (Lipinski definition) is 3. The summed E-state index contributed by atoms with van der Waals surface area (Å²) < 4.78 is 88.3. The lowest BCUT2D eigenvalue weighted by atomic mass is 10.3. The van der Waals surface area contributed by atoms with Crippen LogP contribution in [0.2, 0.25) is 0 Å². The Labute approximate surface area is 127 Å². The van der Waals surface area contributed by atoms with Gasteiger partial charge < -0.3 is 5.32 Å². The molecular formula is C9H13NO9S3. The second-order valence-electron chi connectivity index (χ2n) is 3.95. The monoisotopic (exact) mass is 375 g/mol. The highest BCUT2D eigenvalue weighted by molar-refractivity contribution is 7.91. The molecule has 0 heterocycles. The first-order chi connectivity index (χ1) is 9.87. The van der Waals surface area contributed by atoms with Gasteiger partial charge in [-0.2, -0.15) is 16.8 Å². The fourth-order valence-corrected chi connectivity index (χ4v) is 3.79. The minimum Gasteiger partial charge on any atom is -0.387 e. The van der Waals surface area contributed by atoms with Gasteiger partial charge in [-0.3, -0.25) is 9.11 Å². The molecule has 126 valence electrons. The Kier molecular flexibility index (Phi) is 5.53. The van der Waals surface area contributed by atoms with Crippen molar-refractivity contribution in [2.75, 3.05) is 24.7 Å². The van der Waals surface area contributed by atoms with Crippen LogP contribution < -0.4 is 5.32 Å². The number of benzene rings is 1. The molecule has 0 aromatic heterocycles. The summed E-state index contributed by atoms with van der Waals surface area (Å²) in [6, 6.07) is 2.92. The molecule has 1 rings (SSSR count). The van der Waals surface area contributed by atoms with Crippen molar-refractivity contribution in [3.63, 3.8) is 0 Å². The van der Waals surface area contributed by atoms with Crippen molar-refractivity contribution in [3.8, 4) is 0 Å². The van der Waals surface area contributed by atoms with E-state index in [0.717, 1.165) is 18.2 Å². The van der Waals surface area contributed by atoms with Crippen molar-refractivity contribution in [3.05, 3.63) is 18.2 Å². The third-order valence-electron chi connectivity index (χ3n) is 2.44. The molecule has 0 fully saturated rings. The number of nitrogens with one attached hydrogen (secondary N) is 1. The van der Waals surface area contributed by atoms with Crippen molar-refractivity contribution in [1.29, 1.82) is 0 Å². The molecule has 10 nitrogen and oxygen atoms in total. The molecular weight excluding hydrogens is 362 g/mol. The molecule has 0 saturated heterocycles. The van der Waals surface area contributed by atoms with Gasteiger partial charge in [0, 0.05) is 7.05 Å². The van der Waals surface area contributed by atoms with Crippen LogP contribution in [0.1, 0.15) is 0 Å². The van der Waals surface area contributed by atoms with Crippen LogP contribution in [0.4, 0.5) is 5.69 Å². The summed E-state index contributed by atoms with van der Waals surface area (Å²) in [5, 5.41) is 2.47. The van der Waals surface area contributed by atoms with Gasteiger partial charge in [0.05, 0.1) is 22.9 Å². The van der Waals surface area contributed by atoms with Gasteiger partial charge in [-0.15, -0.1) is 0 Å². The Balaban J connectivity index is 3.16. The van der Waals surface area contributed by atoms with Crippen molar-refractivity contribution < 1.29 is 38.5 Å². The largest absolute Gasteiger partial charge is 0.397 e. The van der Waals surface area contributed by atoms with Crippen LogP contribution in [0.5, 0.6) is 0 Å². The van der Waals surface area contributed by atoms with Crippen LogP contribution >= 0.6 is 0 Å². The fourth-order valence-electron chi connectivity index (χ4n) is 1.48. The second-order valence-corrected chi connectivity index (χ2v) is 8.54. The molecule has 3 N–H and O–H groups in total. The molecule has 0 spiro atoms. The standard InChI is InChI=1S/C9H13NO9S3/c1-10-8-3-2-7(6-9(8)21(13,14)15)20(11,12)5-4-19-22(16,17)18/h2-3,6,10H,4-5H2,1H3,(H,13,14,15)(H,16,17,18). The molecule has 0 aliphatic heterocycles. The first kappa shape index (κ1) is 18.8. The smallest absolute Gasteiger partial charge is 0.387 e. The summed E-state index contributed by atoms with van der Waals surface area (Å²) in [5.74, 6) is -0.823. The van der Waals surface area contributed by atoms with E-state index >= 15 is 0 Å². The zero-order valence-electron chi connectivity index (χ0n) is 11.1. The maximum absolute atomic E-state index is 11.9. The fraction of sp³-hybridized carbons (Fsp3) is 0.333. The van der Waals surface area contributed by atoms with Crippen LogP contribution in [-0.4, -0.2) is 53.8 Å². The molecule has 1 aromatic rings. The molecule has 0 unspecified atom stereocenters. The Morgan fingerprint density at radius 1 is 1.09 bits per heavy atom. The first-order valence-electron chi connectivity index (χ1n) is 5.51. The third-order valence-corrected chi connectivity index (χ3v) is 5.48. The van der Waals surface area contributed by atoms with E-state index in [-0.39, 0.29) is 5.69 Å².